The molecule has 2 fully saturated rings. The molecule has 0 radical (unpaired) electrons. The van der Waals surface area contributed by atoms with Gasteiger partial charge >= 0.3 is 5.97 Å². The summed E-state index contributed by atoms with van der Waals surface area (Å²) in [6.07, 6.45) is 3.18. The molecule has 0 bridgehead atoms. The number of aromatic nitrogens is 3. The third kappa shape index (κ3) is 2.96. The first-order valence-electron chi connectivity index (χ1n) is 9.35. The van der Waals surface area contributed by atoms with E-state index in [0.29, 0.717) is 23.7 Å². The Morgan fingerprint density at radius 2 is 1.79 bits per heavy atom. The Balaban J connectivity index is 1.47. The number of hydrogen-bond donors (Lipinski definition) is 0. The Morgan fingerprint density at radius 3 is 2.46 bits per heavy atom. The van der Waals surface area contributed by atoms with Crippen LogP contribution in [0.2, 0.25) is 0 Å². The van der Waals surface area contributed by atoms with Crippen LogP contribution in [0.25, 0.3) is 10.9 Å². The molecule has 9 heteroatoms. The lowest BCUT2D eigenvalue weighted by Crippen LogP contribution is -2.44. The minimum Gasteiger partial charge on any atom is -0.441 e. The highest BCUT2D eigenvalue weighted by molar-refractivity contribution is 6.07. The van der Waals surface area contributed by atoms with Crippen LogP contribution in [0.4, 0.5) is 0 Å². The van der Waals surface area contributed by atoms with E-state index in [1.54, 1.807) is 24.3 Å². The number of amides is 2. The number of hydrogen-bond acceptors (Lipinski definition) is 7. The number of carbonyl (C=O) groups is 3. The highest BCUT2D eigenvalue weighted by Gasteiger charge is 2.51. The molecule has 2 heterocycles. The number of nitrogens with zero attached hydrogens (tertiary/aromatic N) is 4. The Kier molecular flexibility index (Phi) is 4.66. The molecule has 1 aliphatic heterocycles. The number of imide groups is 1. The number of ether oxygens (including phenoxy) is 1. The first-order chi connectivity index (χ1) is 13.5. The molecular weight excluding hydrogens is 364 g/mol. The van der Waals surface area contributed by atoms with Crippen LogP contribution in [0, 0.1) is 11.8 Å². The van der Waals surface area contributed by atoms with Crippen LogP contribution in [0.1, 0.15) is 32.6 Å². The average molecular weight is 384 g/mol. The standard InChI is InChI=1S/C19H20N4O5/c1-11(23-17(25)12-6-2-3-7-13(12)18(23)26)19(27)28-10-22-16(24)14-8-4-5-9-15(14)20-21-22/h4-5,8-9,11-13H,2-3,6-7,10H2,1H3/t11-,12+,13+/m0/s1. The van der Waals surface area contributed by atoms with Crippen molar-refractivity contribution in [1.29, 1.82) is 0 Å². The summed E-state index contributed by atoms with van der Waals surface area (Å²) in [5.41, 5.74) is 0.00436. The van der Waals surface area contributed by atoms with Crippen LogP contribution >= 0.6 is 0 Å². The van der Waals surface area contributed by atoms with Crippen molar-refractivity contribution in [3.05, 3.63) is 34.6 Å². The highest BCUT2D eigenvalue weighted by atomic mass is 16.5. The molecule has 3 atom stereocenters. The van der Waals surface area contributed by atoms with Gasteiger partial charge in [-0.05, 0) is 31.9 Å². The van der Waals surface area contributed by atoms with Crippen molar-refractivity contribution in [1.82, 2.24) is 19.9 Å². The van der Waals surface area contributed by atoms with E-state index in [-0.39, 0.29) is 23.7 Å². The summed E-state index contributed by atoms with van der Waals surface area (Å²) in [5.74, 6) is -2.03. The second-order valence-electron chi connectivity index (χ2n) is 7.22. The second-order valence-corrected chi connectivity index (χ2v) is 7.22. The van der Waals surface area contributed by atoms with Crippen molar-refractivity contribution in [2.75, 3.05) is 0 Å². The first-order valence-corrected chi connectivity index (χ1v) is 9.35. The van der Waals surface area contributed by atoms with Crippen LogP contribution in [-0.4, -0.2) is 43.7 Å². The smallest absolute Gasteiger partial charge is 0.330 e. The fourth-order valence-electron chi connectivity index (χ4n) is 4.03. The molecule has 9 nitrogen and oxygen atoms in total. The SMILES string of the molecule is C[C@@H](C(=O)OCn1nnc2ccccc2c1=O)N1C(=O)[C@@H]2CCCC[C@H]2C1=O. The van der Waals surface area contributed by atoms with Crippen molar-refractivity contribution in [2.45, 2.75) is 45.4 Å². The van der Waals surface area contributed by atoms with Gasteiger partial charge < -0.3 is 4.74 Å². The van der Waals surface area contributed by atoms with E-state index in [0.717, 1.165) is 22.4 Å². The molecule has 1 aromatic heterocycles. The van der Waals surface area contributed by atoms with Gasteiger partial charge in [0.2, 0.25) is 11.8 Å². The molecular formula is C19H20N4O5. The molecule has 1 saturated heterocycles. The Bertz CT molecular complexity index is 993. The molecule has 1 aliphatic carbocycles. The van der Waals surface area contributed by atoms with E-state index in [9.17, 15) is 19.2 Å². The van der Waals surface area contributed by atoms with Gasteiger partial charge in [-0.25, -0.2) is 4.79 Å². The lowest BCUT2D eigenvalue weighted by atomic mass is 9.81. The maximum absolute atomic E-state index is 12.6. The maximum atomic E-state index is 12.6. The quantitative estimate of drug-likeness (QED) is 0.567. The number of carbonyl (C=O) groups excluding carboxylic acids is 3. The number of rotatable bonds is 4. The molecule has 2 aromatic rings. The van der Waals surface area contributed by atoms with E-state index in [4.69, 9.17) is 4.74 Å². The predicted octanol–water partition coefficient (Wildman–Crippen LogP) is 0.856. The van der Waals surface area contributed by atoms with Gasteiger partial charge in [-0.3, -0.25) is 19.3 Å². The van der Waals surface area contributed by atoms with Gasteiger partial charge in [0.15, 0.2) is 6.73 Å². The zero-order chi connectivity index (χ0) is 19.8. The average Bonchev–Trinajstić information content (AvgIpc) is 2.97. The molecule has 0 unspecified atom stereocenters. The van der Waals surface area contributed by atoms with Gasteiger partial charge in [0.25, 0.3) is 5.56 Å². The van der Waals surface area contributed by atoms with Crippen LogP contribution in [0.3, 0.4) is 0 Å². The van der Waals surface area contributed by atoms with Crippen molar-refractivity contribution >= 4 is 28.7 Å². The third-order valence-electron chi connectivity index (χ3n) is 5.56. The zero-order valence-electron chi connectivity index (χ0n) is 15.4. The summed E-state index contributed by atoms with van der Waals surface area (Å²) in [6.45, 7) is 1.02. The van der Waals surface area contributed by atoms with Crippen molar-refractivity contribution < 1.29 is 19.1 Å². The summed E-state index contributed by atoms with van der Waals surface area (Å²) in [5, 5.41) is 8.03. The van der Waals surface area contributed by atoms with Gasteiger partial charge in [0.1, 0.15) is 11.6 Å². The first kappa shape index (κ1) is 18.3. The van der Waals surface area contributed by atoms with Gasteiger partial charge in [-0.15, -0.1) is 5.10 Å². The largest absolute Gasteiger partial charge is 0.441 e. The normalized spacial score (nSPS) is 23.0. The molecule has 146 valence electrons. The van der Waals surface area contributed by atoms with Gasteiger partial charge in [-0.2, -0.15) is 4.68 Å². The fourth-order valence-corrected chi connectivity index (χ4v) is 4.03. The topological polar surface area (TPSA) is 111 Å². The molecule has 4 rings (SSSR count). The molecule has 0 N–H and O–H groups in total. The van der Waals surface area contributed by atoms with E-state index < -0.39 is 24.3 Å². The lowest BCUT2D eigenvalue weighted by Gasteiger charge is -2.21. The van der Waals surface area contributed by atoms with E-state index in [1.165, 1.54) is 6.92 Å². The molecule has 28 heavy (non-hydrogen) atoms. The maximum Gasteiger partial charge on any atom is 0.330 e. The summed E-state index contributed by atoms with van der Waals surface area (Å²) in [4.78, 5) is 51.0. The highest BCUT2D eigenvalue weighted by Crippen LogP contribution is 2.38. The molecule has 2 aliphatic rings. The lowest BCUT2D eigenvalue weighted by molar-refractivity contribution is -0.161. The van der Waals surface area contributed by atoms with E-state index in [1.807, 2.05) is 0 Å². The summed E-state index contributed by atoms with van der Waals surface area (Å²) in [6, 6.07) is 5.66. The summed E-state index contributed by atoms with van der Waals surface area (Å²) >= 11 is 0. The second kappa shape index (κ2) is 7.14. The van der Waals surface area contributed by atoms with Gasteiger partial charge in [-0.1, -0.05) is 30.2 Å². The van der Waals surface area contributed by atoms with Crippen LogP contribution in [-0.2, 0) is 25.9 Å². The van der Waals surface area contributed by atoms with Crippen LogP contribution < -0.4 is 5.56 Å². The number of esters is 1. The van der Waals surface area contributed by atoms with Gasteiger partial charge in [0.05, 0.1) is 17.2 Å². The monoisotopic (exact) mass is 384 g/mol. The molecule has 1 aromatic carbocycles. The predicted molar refractivity (Wildman–Crippen MR) is 96.7 cm³/mol. The van der Waals surface area contributed by atoms with E-state index in [2.05, 4.69) is 10.3 Å². The number of benzene rings is 1. The Labute approximate surface area is 160 Å². The molecule has 1 saturated carbocycles. The van der Waals surface area contributed by atoms with Crippen molar-refractivity contribution in [3.8, 4) is 0 Å². The number of likely N-dealkylation sites (tertiary alicyclic amines) is 1. The summed E-state index contributed by atoms with van der Waals surface area (Å²) in [7, 11) is 0. The fraction of sp³-hybridized carbons (Fsp3) is 0.474. The van der Waals surface area contributed by atoms with Crippen LogP contribution in [0.5, 0.6) is 0 Å². The number of fused-ring (bicyclic) bond motifs is 2. The van der Waals surface area contributed by atoms with E-state index >= 15 is 0 Å². The Morgan fingerprint density at radius 1 is 1.14 bits per heavy atom. The van der Waals surface area contributed by atoms with Crippen molar-refractivity contribution in [3.63, 3.8) is 0 Å². The summed E-state index contributed by atoms with van der Waals surface area (Å²) < 4.78 is 6.09. The Hall–Kier alpha value is -3.10. The molecule has 2 amide bonds. The van der Waals surface area contributed by atoms with Crippen LogP contribution in [0.15, 0.2) is 29.1 Å². The zero-order valence-corrected chi connectivity index (χ0v) is 15.4. The third-order valence-corrected chi connectivity index (χ3v) is 5.56. The minimum atomic E-state index is -1.05. The molecule has 0 spiro atoms. The minimum absolute atomic E-state index is 0.304. The van der Waals surface area contributed by atoms with Gasteiger partial charge in [0, 0.05) is 0 Å². The van der Waals surface area contributed by atoms with Crippen molar-refractivity contribution in [2.24, 2.45) is 11.8 Å².